The van der Waals surface area contributed by atoms with E-state index in [1.165, 1.54) is 48.9 Å². The van der Waals surface area contributed by atoms with Gasteiger partial charge in [0.2, 0.25) is 0 Å². The van der Waals surface area contributed by atoms with E-state index in [0.717, 1.165) is 69.7 Å². The van der Waals surface area contributed by atoms with E-state index in [2.05, 4.69) is 53.7 Å². The highest BCUT2D eigenvalue weighted by Crippen LogP contribution is 2.59. The quantitative estimate of drug-likeness (QED) is 0.0159. The number of thioether (sulfide) groups is 2. The highest BCUT2D eigenvalue weighted by molar-refractivity contribution is 7.99. The van der Waals surface area contributed by atoms with Gasteiger partial charge in [0.1, 0.15) is 11.6 Å². The number of nitro benzene ring substituents is 2. The third kappa shape index (κ3) is 25.1. The smallest absolute Gasteiger partial charge is 0.326 e. The maximum Gasteiger partial charge on any atom is 0.326 e. The fraction of sp³-hybridized carbons (Fsp3) is 0.375. The molecule has 0 amide bonds. The molecule has 150 heavy (non-hydrogen) atoms. The molecule has 0 bridgehead atoms. The van der Waals surface area contributed by atoms with E-state index in [4.69, 9.17) is 32.2 Å². The number of benzene rings is 10. The van der Waals surface area contributed by atoms with Crippen LogP contribution in [-0.2, 0) is 60.3 Å². The number of nitro groups is 2. The number of carboxylic acids is 2. The number of sulfone groups is 2. The maximum absolute atomic E-state index is 15.8. The minimum Gasteiger partial charge on any atom is -0.481 e. The van der Waals surface area contributed by atoms with Crippen molar-refractivity contribution in [2.24, 2.45) is 23.7 Å². The van der Waals surface area contributed by atoms with E-state index in [9.17, 15) is 66.0 Å². The lowest BCUT2D eigenvalue weighted by atomic mass is 9.94. The van der Waals surface area contributed by atoms with Crippen molar-refractivity contribution in [1.82, 2.24) is 18.9 Å². The lowest BCUT2D eigenvalue weighted by molar-refractivity contribution is -0.385. The van der Waals surface area contributed by atoms with E-state index in [1.54, 1.807) is 95.2 Å². The second-order valence-electron chi connectivity index (χ2n) is 40.1. The highest BCUT2D eigenvalue weighted by Gasteiger charge is 2.45. The average Bonchev–Trinajstić information content (AvgIpc) is 1.58. The fourth-order valence-electron chi connectivity index (χ4n) is 22.0. The fourth-order valence-corrected chi connectivity index (χ4v) is 31.2. The molecule has 0 radical (unpaired) electrons. The van der Waals surface area contributed by atoms with Crippen LogP contribution in [0.2, 0.25) is 10.0 Å². The summed E-state index contributed by atoms with van der Waals surface area (Å²) in [6, 6.07) is 69.1. The van der Waals surface area contributed by atoms with Gasteiger partial charge < -0.3 is 57.8 Å². The number of carboxylic acid groups (broad SMARTS) is 2. The minimum absolute atomic E-state index is 0.0767. The Morgan fingerprint density at radius 1 is 0.433 bits per heavy atom. The Labute approximate surface area is 894 Å². The number of aliphatic carboxylic acids is 2. The zero-order valence-electron chi connectivity index (χ0n) is 85.2. The monoisotopic (exact) mass is 2190 g/mol. The number of nitrogens with zero attached hydrogens (tertiary/aromatic N) is 12. The first-order valence-electron chi connectivity index (χ1n) is 50.9. The molecule has 0 saturated carbocycles. The second-order valence-corrected chi connectivity index (χ2v) is 51.7. The Hall–Kier alpha value is -11.4. The molecule has 12 aromatic rings. The molecule has 10 aromatic carbocycles. The van der Waals surface area contributed by atoms with Crippen molar-refractivity contribution in [2.45, 2.75) is 125 Å². The molecule has 2 aromatic heterocycles. The van der Waals surface area contributed by atoms with Crippen LogP contribution in [-0.4, -0.2) is 210 Å². The molecular weight excluding hydrogens is 2070 g/mol. The van der Waals surface area contributed by atoms with Gasteiger partial charge in [-0.3, -0.25) is 48.3 Å². The number of anilines is 6. The molecule has 28 nitrogen and oxygen atoms in total. The SMILES string of the molecule is Cc1c(S(C)(=O)=O)c(-c2cc(F)cc(N3CCN(c4ccc(N5CCO[P@@]5(=O)c5ccc(C[C@H](CCN6CCC(C(=O)O)CC6)CSc6ccccc6)c([N+](=O)[O-])c5)cc4)CC3)c2)c(-c2ccc(Cl)cc2)n1C(C)C.Cc1c(S(C)(=O)=O)c(-c2cc(F)cc(N3CCN(c4ccc(N5CCO[P@]5(=O)c5ccc(C[C@H](CCN6CCC(C(=O)O)CC6)CSc6ccccc6)c([N+](=O)[O-])c5)cc4)CC3)c2)c(-c2ccc(Cl)cc2)n1C(C)C. The van der Waals surface area contributed by atoms with Crippen molar-refractivity contribution in [1.29, 1.82) is 0 Å². The highest BCUT2D eigenvalue weighted by atomic mass is 35.5. The summed E-state index contributed by atoms with van der Waals surface area (Å²) in [5.74, 6) is -1.47. The van der Waals surface area contributed by atoms with Gasteiger partial charge >= 0.3 is 27.0 Å². The third-order valence-electron chi connectivity index (χ3n) is 29.5. The predicted octanol–water partition coefficient (Wildman–Crippen LogP) is 23.3. The molecule has 8 heterocycles. The van der Waals surface area contributed by atoms with Gasteiger partial charge in [-0.05, 0) is 312 Å². The lowest BCUT2D eigenvalue weighted by Gasteiger charge is -2.37. The first-order valence-corrected chi connectivity index (χ1v) is 60.5. The van der Waals surface area contributed by atoms with Crippen molar-refractivity contribution in [3.63, 3.8) is 0 Å². The number of piperidine rings is 2. The molecular formula is C112H126Cl2F2N12O16P2S4. The molecule has 6 aliphatic rings. The Morgan fingerprint density at radius 3 is 1.07 bits per heavy atom. The zero-order chi connectivity index (χ0) is 106. The summed E-state index contributed by atoms with van der Waals surface area (Å²) in [6.07, 6.45) is 7.27. The summed E-state index contributed by atoms with van der Waals surface area (Å²) in [7, 11) is -15.0. The van der Waals surface area contributed by atoms with Gasteiger partial charge in [-0.15, -0.1) is 23.5 Å². The molecule has 0 spiro atoms. The van der Waals surface area contributed by atoms with Crippen LogP contribution in [0.4, 0.5) is 54.3 Å². The van der Waals surface area contributed by atoms with E-state index in [1.807, 2.05) is 158 Å². The third-order valence-corrected chi connectivity index (χ3v) is 40.0. The van der Waals surface area contributed by atoms with Crippen molar-refractivity contribution in [3.8, 4) is 44.8 Å². The summed E-state index contributed by atoms with van der Waals surface area (Å²) in [5, 5.41) is 46.1. The van der Waals surface area contributed by atoms with E-state index < -0.39 is 68.1 Å². The largest absolute Gasteiger partial charge is 0.481 e. The first-order chi connectivity index (χ1) is 71.7. The van der Waals surface area contributed by atoms with Crippen molar-refractivity contribution >= 4 is 149 Å². The number of carbonyl (C=O) groups is 2. The van der Waals surface area contributed by atoms with E-state index in [-0.39, 0.29) is 80.7 Å². The van der Waals surface area contributed by atoms with Gasteiger partial charge in [-0.2, -0.15) is 0 Å². The van der Waals surface area contributed by atoms with Crippen molar-refractivity contribution in [2.75, 3.05) is 171 Å². The normalized spacial score (nSPS) is 18.3. The Morgan fingerprint density at radius 2 is 0.760 bits per heavy atom. The molecule has 0 unspecified atom stereocenters. The molecule has 6 saturated heterocycles. The predicted molar refractivity (Wildman–Crippen MR) is 598 cm³/mol. The van der Waals surface area contributed by atoms with Crippen molar-refractivity contribution in [3.05, 3.63) is 295 Å². The summed E-state index contributed by atoms with van der Waals surface area (Å²) in [4.78, 5) is 63.6. The molecule has 6 aliphatic heterocycles. The van der Waals surface area contributed by atoms with Crippen LogP contribution in [0.15, 0.2) is 250 Å². The molecule has 38 heteroatoms. The minimum atomic E-state index is -3.76. The van der Waals surface area contributed by atoms with Crippen molar-refractivity contribution < 1.29 is 73.4 Å². The number of piperazine rings is 2. The number of aromatic nitrogens is 2. The molecule has 792 valence electrons. The molecule has 18 rings (SSSR count). The topological polar surface area (TPSA) is 318 Å². The van der Waals surface area contributed by atoms with Crippen LogP contribution in [0.5, 0.6) is 0 Å². The number of rotatable bonds is 36. The average molecular weight is 2200 g/mol. The number of halogens is 4. The molecule has 6 fully saturated rings. The molecule has 4 atom stereocenters. The number of hydrogen-bond donors (Lipinski definition) is 2. The first kappa shape index (κ1) is 110. The van der Waals surface area contributed by atoms with Crippen LogP contribution in [0, 0.1) is 69.4 Å². The van der Waals surface area contributed by atoms with Crippen LogP contribution >= 0.6 is 61.8 Å². The molecule has 0 aliphatic carbocycles. The maximum atomic E-state index is 15.8. The van der Waals surface area contributed by atoms with Gasteiger partial charge in [0.15, 0.2) is 19.7 Å². The number of likely N-dealkylation sites (tertiary alicyclic amines) is 2. The summed E-state index contributed by atoms with van der Waals surface area (Å²) in [6.45, 7) is 21.6. The molecule has 2 N–H and O–H groups in total. The second kappa shape index (κ2) is 47.5. The zero-order valence-corrected chi connectivity index (χ0v) is 91.8. The number of hydrogen-bond acceptors (Lipinski definition) is 22. The van der Waals surface area contributed by atoms with Gasteiger partial charge in [-0.1, -0.05) is 96.0 Å². The Balaban J connectivity index is 0.000000204. The van der Waals surface area contributed by atoms with E-state index in [0.29, 0.717) is 219 Å². The summed E-state index contributed by atoms with van der Waals surface area (Å²) < 4.78 is 135. The van der Waals surface area contributed by atoms with Crippen LogP contribution in [0.25, 0.3) is 44.8 Å². The lowest BCUT2D eigenvalue weighted by Crippen LogP contribution is -2.46. The van der Waals surface area contributed by atoms with Crippen LogP contribution in [0.1, 0.15) is 101 Å². The Bertz CT molecular complexity index is 6830. The van der Waals surface area contributed by atoms with Gasteiger partial charge in [0.05, 0.1) is 79.8 Å². The van der Waals surface area contributed by atoms with Gasteiger partial charge in [-0.25, -0.2) is 25.6 Å². The Kier molecular flexibility index (Phi) is 34.8. The standard InChI is InChI=1S/2C56H63ClFN6O8PS2/c2*1-38(2)63-39(3)55(75(4,70)71)53(54(63)41-10-13-45(57)14-11-41)44-33-46(58)35-49(34-44)61-28-26-60(27-29-61)47-15-17-48(18-16-47)62-30-31-72-73(62,69)50-19-12-43(52(36-50)64(67)68)32-40(37-74-51-8-6-5-7-9-51)20-23-59-24-21-42(22-25-59)56(65)66/h2*5-19,33-36,38,40,42H,20-32,37H2,1-4H3,(H,65,66)/t40-,73+;40-,73-/m00/s1. The summed E-state index contributed by atoms with van der Waals surface area (Å²) in [5.41, 5.74) is 11.3. The van der Waals surface area contributed by atoms with Gasteiger partial charge in [0, 0.05) is 188 Å². The van der Waals surface area contributed by atoms with Gasteiger partial charge in [0.25, 0.3) is 11.4 Å². The van der Waals surface area contributed by atoms with Crippen LogP contribution < -0.4 is 39.5 Å². The van der Waals surface area contributed by atoms with E-state index >= 15 is 8.78 Å². The van der Waals surface area contributed by atoms with Crippen LogP contribution in [0.3, 0.4) is 0 Å². The summed E-state index contributed by atoms with van der Waals surface area (Å²) >= 11 is 16.0.